The molecule has 0 N–H and O–H groups in total. The summed E-state index contributed by atoms with van der Waals surface area (Å²) in [6, 6.07) is 1.74. The lowest BCUT2D eigenvalue weighted by Gasteiger charge is -2.02. The zero-order valence-electron chi connectivity index (χ0n) is 6.40. The van der Waals surface area contributed by atoms with Crippen molar-refractivity contribution < 1.29 is 4.79 Å². The fourth-order valence-electron chi connectivity index (χ4n) is 0.842. The maximum absolute atomic E-state index is 10.5. The third kappa shape index (κ3) is 1.83. The summed E-state index contributed by atoms with van der Waals surface area (Å²) in [4.78, 5) is 18.4. The molecule has 0 aliphatic rings. The number of nitrogens with zero attached hydrogens (tertiary/aromatic N) is 2. The summed E-state index contributed by atoms with van der Waals surface area (Å²) in [6.07, 6.45) is 4.94. The van der Waals surface area contributed by atoms with Crippen LogP contribution in [-0.4, -0.2) is 16.3 Å². The highest BCUT2D eigenvalue weighted by Gasteiger charge is 2.08. The molecule has 1 unspecified atom stereocenters. The maximum atomic E-state index is 10.5. The lowest BCUT2D eigenvalue weighted by Crippen LogP contribution is -2.03. The van der Waals surface area contributed by atoms with Crippen molar-refractivity contribution in [2.45, 2.75) is 19.3 Å². The van der Waals surface area contributed by atoms with Gasteiger partial charge in [-0.05, 0) is 12.5 Å². The highest BCUT2D eigenvalue weighted by Crippen LogP contribution is 2.09. The molecule has 1 aromatic rings. The van der Waals surface area contributed by atoms with Crippen LogP contribution < -0.4 is 0 Å². The molecule has 0 saturated heterocycles. The Labute approximate surface area is 65.5 Å². The SMILES string of the molecule is CCC(C=O)c1ncccn1. The number of hydrogen-bond acceptors (Lipinski definition) is 3. The van der Waals surface area contributed by atoms with Crippen molar-refractivity contribution in [2.75, 3.05) is 0 Å². The molecule has 1 heterocycles. The van der Waals surface area contributed by atoms with Gasteiger partial charge in [-0.25, -0.2) is 9.97 Å². The Morgan fingerprint density at radius 3 is 2.64 bits per heavy atom. The van der Waals surface area contributed by atoms with E-state index in [-0.39, 0.29) is 5.92 Å². The molecule has 11 heavy (non-hydrogen) atoms. The number of carbonyl (C=O) groups excluding carboxylic acids is 1. The van der Waals surface area contributed by atoms with Crippen molar-refractivity contribution in [3.8, 4) is 0 Å². The van der Waals surface area contributed by atoms with Gasteiger partial charge in [-0.3, -0.25) is 0 Å². The second-order valence-electron chi connectivity index (χ2n) is 2.26. The number of hydrogen-bond donors (Lipinski definition) is 0. The molecular weight excluding hydrogens is 140 g/mol. The predicted molar refractivity (Wildman–Crippen MR) is 41.1 cm³/mol. The van der Waals surface area contributed by atoms with Crippen LogP contribution in [0.5, 0.6) is 0 Å². The van der Waals surface area contributed by atoms with Gasteiger partial charge in [-0.15, -0.1) is 0 Å². The molecule has 0 fully saturated rings. The van der Waals surface area contributed by atoms with E-state index in [1.54, 1.807) is 18.5 Å². The number of aldehydes is 1. The Morgan fingerprint density at radius 2 is 2.18 bits per heavy atom. The Kier molecular flexibility index (Phi) is 2.72. The molecule has 1 rings (SSSR count). The van der Waals surface area contributed by atoms with E-state index >= 15 is 0 Å². The quantitative estimate of drug-likeness (QED) is 0.607. The van der Waals surface area contributed by atoms with Crippen LogP contribution in [0.3, 0.4) is 0 Å². The minimum Gasteiger partial charge on any atom is -0.303 e. The smallest absolute Gasteiger partial charge is 0.138 e. The zero-order valence-corrected chi connectivity index (χ0v) is 6.40. The molecular formula is C8H10N2O. The average Bonchev–Trinajstić information content (AvgIpc) is 2.09. The van der Waals surface area contributed by atoms with Gasteiger partial charge in [-0.2, -0.15) is 0 Å². The third-order valence-corrected chi connectivity index (χ3v) is 1.52. The van der Waals surface area contributed by atoms with Gasteiger partial charge in [0, 0.05) is 12.4 Å². The summed E-state index contributed by atoms with van der Waals surface area (Å²) in [7, 11) is 0. The van der Waals surface area contributed by atoms with Crippen molar-refractivity contribution in [1.82, 2.24) is 9.97 Å². The lowest BCUT2D eigenvalue weighted by atomic mass is 10.1. The van der Waals surface area contributed by atoms with Gasteiger partial charge in [0.2, 0.25) is 0 Å². The number of carbonyl (C=O) groups is 1. The van der Waals surface area contributed by atoms with Crippen LogP contribution >= 0.6 is 0 Å². The standard InChI is InChI=1S/C8H10N2O/c1-2-7(6-11)8-9-4-3-5-10-8/h3-7H,2H2,1H3. The predicted octanol–water partition coefficient (Wildman–Crippen LogP) is 1.17. The molecule has 1 atom stereocenters. The number of aromatic nitrogens is 2. The first kappa shape index (κ1) is 7.85. The molecule has 0 amide bonds. The van der Waals surface area contributed by atoms with Crippen LogP contribution in [-0.2, 0) is 4.79 Å². The summed E-state index contributed by atoms with van der Waals surface area (Å²) in [6.45, 7) is 1.94. The summed E-state index contributed by atoms with van der Waals surface area (Å²) in [5, 5.41) is 0. The summed E-state index contributed by atoms with van der Waals surface area (Å²) >= 11 is 0. The van der Waals surface area contributed by atoms with E-state index in [0.717, 1.165) is 12.7 Å². The van der Waals surface area contributed by atoms with Gasteiger partial charge in [0.05, 0.1) is 5.92 Å². The van der Waals surface area contributed by atoms with Crippen molar-refractivity contribution in [1.29, 1.82) is 0 Å². The fraction of sp³-hybridized carbons (Fsp3) is 0.375. The van der Waals surface area contributed by atoms with E-state index in [1.807, 2.05) is 6.92 Å². The van der Waals surface area contributed by atoms with Crippen molar-refractivity contribution in [3.05, 3.63) is 24.3 Å². The van der Waals surface area contributed by atoms with Crippen molar-refractivity contribution in [2.24, 2.45) is 0 Å². The first-order chi connectivity index (χ1) is 5.38. The molecule has 58 valence electrons. The van der Waals surface area contributed by atoms with Crippen LogP contribution in [0, 0.1) is 0 Å². The zero-order chi connectivity index (χ0) is 8.10. The molecule has 0 bridgehead atoms. The van der Waals surface area contributed by atoms with E-state index in [1.165, 1.54) is 0 Å². The molecule has 0 saturated carbocycles. The van der Waals surface area contributed by atoms with Gasteiger partial charge < -0.3 is 4.79 Å². The van der Waals surface area contributed by atoms with E-state index in [2.05, 4.69) is 9.97 Å². The monoisotopic (exact) mass is 150 g/mol. The molecule has 3 heteroatoms. The van der Waals surface area contributed by atoms with Gasteiger partial charge in [0.1, 0.15) is 12.1 Å². The Balaban J connectivity index is 2.82. The molecule has 0 aromatic carbocycles. The summed E-state index contributed by atoms with van der Waals surface area (Å²) in [5.74, 6) is 0.473. The first-order valence-electron chi connectivity index (χ1n) is 3.60. The average molecular weight is 150 g/mol. The fourth-order valence-corrected chi connectivity index (χ4v) is 0.842. The van der Waals surface area contributed by atoms with E-state index < -0.39 is 0 Å². The van der Waals surface area contributed by atoms with E-state index in [0.29, 0.717) is 5.82 Å². The van der Waals surface area contributed by atoms with Gasteiger partial charge in [-0.1, -0.05) is 6.92 Å². The van der Waals surface area contributed by atoms with Crippen LogP contribution in [0.2, 0.25) is 0 Å². The molecule has 3 nitrogen and oxygen atoms in total. The molecule has 0 aliphatic heterocycles. The Bertz CT molecular complexity index is 223. The minimum absolute atomic E-state index is 0.142. The minimum atomic E-state index is -0.142. The largest absolute Gasteiger partial charge is 0.303 e. The van der Waals surface area contributed by atoms with Crippen LogP contribution in [0.25, 0.3) is 0 Å². The van der Waals surface area contributed by atoms with Crippen LogP contribution in [0.1, 0.15) is 25.1 Å². The summed E-state index contributed by atoms with van der Waals surface area (Å²) < 4.78 is 0. The van der Waals surface area contributed by atoms with Crippen LogP contribution in [0.4, 0.5) is 0 Å². The van der Waals surface area contributed by atoms with Crippen LogP contribution in [0.15, 0.2) is 18.5 Å². The second kappa shape index (κ2) is 3.81. The Morgan fingerprint density at radius 1 is 1.55 bits per heavy atom. The van der Waals surface area contributed by atoms with E-state index in [9.17, 15) is 4.79 Å². The Hall–Kier alpha value is -1.25. The third-order valence-electron chi connectivity index (χ3n) is 1.52. The summed E-state index contributed by atoms with van der Waals surface area (Å²) in [5.41, 5.74) is 0. The topological polar surface area (TPSA) is 42.9 Å². The van der Waals surface area contributed by atoms with Gasteiger partial charge >= 0.3 is 0 Å². The van der Waals surface area contributed by atoms with E-state index in [4.69, 9.17) is 0 Å². The van der Waals surface area contributed by atoms with Crippen molar-refractivity contribution >= 4 is 6.29 Å². The van der Waals surface area contributed by atoms with Crippen molar-refractivity contribution in [3.63, 3.8) is 0 Å². The second-order valence-corrected chi connectivity index (χ2v) is 2.26. The normalized spacial score (nSPS) is 12.5. The lowest BCUT2D eigenvalue weighted by molar-refractivity contribution is -0.109. The molecule has 1 aromatic heterocycles. The molecule has 0 aliphatic carbocycles. The number of rotatable bonds is 3. The maximum Gasteiger partial charge on any atom is 0.138 e. The highest BCUT2D eigenvalue weighted by atomic mass is 16.1. The van der Waals surface area contributed by atoms with Gasteiger partial charge in [0.15, 0.2) is 0 Å². The first-order valence-corrected chi connectivity index (χ1v) is 3.60. The molecule has 0 spiro atoms. The molecule has 0 radical (unpaired) electrons. The van der Waals surface area contributed by atoms with Gasteiger partial charge in [0.25, 0.3) is 0 Å². The highest BCUT2D eigenvalue weighted by molar-refractivity contribution is 5.59.